The number of allylic oxidation sites excluding steroid dienone is 1. The van der Waals surface area contributed by atoms with Crippen LogP contribution in [0.25, 0.3) is 0 Å². The van der Waals surface area contributed by atoms with Gasteiger partial charge in [0.2, 0.25) is 11.6 Å². The van der Waals surface area contributed by atoms with Crippen molar-refractivity contribution in [3.8, 4) is 0 Å². The summed E-state index contributed by atoms with van der Waals surface area (Å²) >= 11 is 0. The molecule has 2 aliphatic rings. The summed E-state index contributed by atoms with van der Waals surface area (Å²) in [6.07, 6.45) is 6.14. The van der Waals surface area contributed by atoms with Crippen LogP contribution in [-0.4, -0.2) is 55.9 Å². The summed E-state index contributed by atoms with van der Waals surface area (Å²) in [6.45, 7) is 0. The Morgan fingerprint density at radius 1 is 0.643 bits per heavy atom. The van der Waals surface area contributed by atoms with E-state index in [1.165, 1.54) is 6.08 Å². The zero-order valence-electron chi connectivity index (χ0n) is 14.9. The second-order valence-electron chi connectivity index (χ2n) is 6.65. The van der Waals surface area contributed by atoms with E-state index in [1.807, 2.05) is 0 Å². The smallest absolute Gasteiger partial charge is 0.372 e. The Bertz CT molecular complexity index is 692. The molecule has 0 heterocycles. The Morgan fingerprint density at radius 3 is 1.61 bits per heavy atom. The summed E-state index contributed by atoms with van der Waals surface area (Å²) in [7, 11) is 0. The van der Waals surface area contributed by atoms with Gasteiger partial charge in [0.05, 0.1) is 11.8 Å². The van der Waals surface area contributed by atoms with E-state index in [4.69, 9.17) is 20.4 Å². The molecular formula is C18H22O10. The molecule has 0 aromatic heterocycles. The van der Waals surface area contributed by atoms with Crippen molar-refractivity contribution in [1.29, 1.82) is 0 Å². The van der Waals surface area contributed by atoms with Gasteiger partial charge in [-0.05, 0) is 25.7 Å². The van der Waals surface area contributed by atoms with Gasteiger partial charge in [-0.15, -0.1) is 0 Å². The molecule has 0 aromatic carbocycles. The fraction of sp³-hybridized carbons (Fsp3) is 0.556. The second-order valence-corrected chi connectivity index (χ2v) is 6.65. The Balaban J connectivity index is 0.000000280. The van der Waals surface area contributed by atoms with Crippen LogP contribution in [0.2, 0.25) is 0 Å². The SMILES string of the molecule is O=C(O)C(=O)C1CCC=CC1C(=O)O.O=C(O)C(=O)C1CCCCC1C(=O)O. The maximum atomic E-state index is 11.1. The quantitative estimate of drug-likeness (QED) is 0.369. The number of ketones is 2. The first-order valence-corrected chi connectivity index (χ1v) is 8.74. The number of carbonyl (C=O) groups is 6. The fourth-order valence-corrected chi connectivity index (χ4v) is 3.44. The van der Waals surface area contributed by atoms with Crippen LogP contribution in [0.1, 0.15) is 38.5 Å². The highest BCUT2D eigenvalue weighted by atomic mass is 16.4. The van der Waals surface area contributed by atoms with E-state index in [1.54, 1.807) is 6.08 Å². The van der Waals surface area contributed by atoms with Gasteiger partial charge < -0.3 is 20.4 Å². The van der Waals surface area contributed by atoms with Gasteiger partial charge in [0.1, 0.15) is 0 Å². The van der Waals surface area contributed by atoms with E-state index < -0.39 is 59.1 Å². The third-order valence-electron chi connectivity index (χ3n) is 4.88. The standard InChI is InChI=1S/C9H12O5.C9H10O5/c2*10-7(9(13)14)5-3-1-2-4-6(5)8(11)12/h5-6H,1-4H2,(H,11,12)(H,13,14);2,4-6H,1,3H2,(H,11,12)(H,13,14). The molecule has 2 aliphatic carbocycles. The number of Topliss-reactive ketones (excluding diaryl/α,β-unsaturated/α-hetero) is 2. The molecule has 2 rings (SSSR count). The molecule has 4 atom stereocenters. The van der Waals surface area contributed by atoms with Crippen molar-refractivity contribution in [1.82, 2.24) is 0 Å². The van der Waals surface area contributed by atoms with Crippen molar-refractivity contribution >= 4 is 35.4 Å². The first-order valence-electron chi connectivity index (χ1n) is 8.74. The van der Waals surface area contributed by atoms with Crippen molar-refractivity contribution in [3.63, 3.8) is 0 Å². The van der Waals surface area contributed by atoms with Crippen molar-refractivity contribution in [2.45, 2.75) is 38.5 Å². The minimum Gasteiger partial charge on any atom is -0.481 e. The zero-order chi connectivity index (χ0) is 21.4. The van der Waals surface area contributed by atoms with Gasteiger partial charge in [-0.25, -0.2) is 9.59 Å². The lowest BCUT2D eigenvalue weighted by molar-refractivity contribution is -0.156. The number of hydrogen-bond donors (Lipinski definition) is 4. The van der Waals surface area contributed by atoms with Crippen molar-refractivity contribution in [3.05, 3.63) is 12.2 Å². The number of carboxylic acids is 4. The van der Waals surface area contributed by atoms with Gasteiger partial charge in [-0.2, -0.15) is 0 Å². The van der Waals surface area contributed by atoms with E-state index in [-0.39, 0.29) is 0 Å². The lowest BCUT2D eigenvalue weighted by atomic mass is 9.77. The Labute approximate surface area is 159 Å². The van der Waals surface area contributed by atoms with Crippen LogP contribution in [0.5, 0.6) is 0 Å². The topological polar surface area (TPSA) is 183 Å². The highest BCUT2D eigenvalue weighted by Gasteiger charge is 2.38. The number of hydrogen-bond acceptors (Lipinski definition) is 6. The van der Waals surface area contributed by atoms with Crippen molar-refractivity contribution in [2.75, 3.05) is 0 Å². The molecule has 0 radical (unpaired) electrons. The van der Waals surface area contributed by atoms with Gasteiger partial charge in [0.25, 0.3) is 0 Å². The van der Waals surface area contributed by atoms with Crippen LogP contribution in [0.3, 0.4) is 0 Å². The average Bonchev–Trinajstić information content (AvgIpc) is 2.66. The van der Waals surface area contributed by atoms with Crippen LogP contribution in [0, 0.1) is 23.7 Å². The third-order valence-corrected chi connectivity index (χ3v) is 4.88. The zero-order valence-corrected chi connectivity index (χ0v) is 14.9. The average molecular weight is 398 g/mol. The van der Waals surface area contributed by atoms with Gasteiger partial charge in [-0.3, -0.25) is 19.2 Å². The minimum atomic E-state index is -1.56. The maximum absolute atomic E-state index is 11.1. The summed E-state index contributed by atoms with van der Waals surface area (Å²) in [5.41, 5.74) is 0. The van der Waals surface area contributed by atoms with E-state index in [2.05, 4.69) is 0 Å². The van der Waals surface area contributed by atoms with Crippen LogP contribution >= 0.6 is 0 Å². The molecule has 0 bridgehead atoms. The van der Waals surface area contributed by atoms with E-state index >= 15 is 0 Å². The summed E-state index contributed by atoms with van der Waals surface area (Å²) < 4.78 is 0. The molecule has 1 fully saturated rings. The summed E-state index contributed by atoms with van der Waals surface area (Å²) in [6, 6.07) is 0. The largest absolute Gasteiger partial charge is 0.481 e. The second kappa shape index (κ2) is 10.3. The van der Waals surface area contributed by atoms with Crippen molar-refractivity contribution < 1.29 is 49.2 Å². The van der Waals surface area contributed by atoms with E-state index in [0.29, 0.717) is 25.7 Å². The first kappa shape index (κ1) is 23.0. The number of rotatable bonds is 6. The molecule has 0 aliphatic heterocycles. The van der Waals surface area contributed by atoms with Gasteiger partial charge in [-0.1, -0.05) is 25.0 Å². The maximum Gasteiger partial charge on any atom is 0.372 e. The molecule has 0 amide bonds. The molecule has 154 valence electrons. The van der Waals surface area contributed by atoms with E-state index in [0.717, 1.165) is 12.8 Å². The monoisotopic (exact) mass is 398 g/mol. The van der Waals surface area contributed by atoms with E-state index in [9.17, 15) is 28.8 Å². The summed E-state index contributed by atoms with van der Waals surface area (Å²) in [5, 5.41) is 34.5. The molecule has 10 nitrogen and oxygen atoms in total. The van der Waals surface area contributed by atoms with Crippen molar-refractivity contribution in [2.24, 2.45) is 23.7 Å². The molecule has 0 aromatic rings. The highest BCUT2D eigenvalue weighted by molar-refractivity contribution is 6.34. The number of aliphatic carboxylic acids is 4. The van der Waals surface area contributed by atoms with Gasteiger partial charge in [0, 0.05) is 11.8 Å². The molecule has 1 saturated carbocycles. The molecular weight excluding hydrogens is 376 g/mol. The lowest BCUT2D eigenvalue weighted by Crippen LogP contribution is -2.36. The van der Waals surface area contributed by atoms with Crippen LogP contribution in [-0.2, 0) is 28.8 Å². The minimum absolute atomic E-state index is 0.290. The summed E-state index contributed by atoms with van der Waals surface area (Å²) in [4.78, 5) is 64.5. The Morgan fingerprint density at radius 2 is 1.14 bits per heavy atom. The van der Waals surface area contributed by atoms with Crippen LogP contribution < -0.4 is 0 Å². The molecule has 0 spiro atoms. The van der Waals surface area contributed by atoms with Crippen LogP contribution in [0.4, 0.5) is 0 Å². The fourth-order valence-electron chi connectivity index (χ4n) is 3.44. The number of carbonyl (C=O) groups excluding carboxylic acids is 2. The molecule has 0 saturated heterocycles. The van der Waals surface area contributed by atoms with Crippen LogP contribution in [0.15, 0.2) is 12.2 Å². The predicted octanol–water partition coefficient (Wildman–Crippen LogP) is 0.838. The third kappa shape index (κ3) is 6.00. The predicted molar refractivity (Wildman–Crippen MR) is 91.4 cm³/mol. The summed E-state index contributed by atoms with van der Waals surface area (Å²) in [5.74, 6) is -10.8. The van der Waals surface area contributed by atoms with Gasteiger partial charge in [0.15, 0.2) is 0 Å². The molecule has 4 unspecified atom stereocenters. The Kier molecular flexibility index (Phi) is 8.49. The Hall–Kier alpha value is -3.04. The highest BCUT2D eigenvalue weighted by Crippen LogP contribution is 2.31. The molecule has 28 heavy (non-hydrogen) atoms. The normalized spacial score (nSPS) is 26.3. The first-order chi connectivity index (χ1) is 13.1. The lowest BCUT2D eigenvalue weighted by Gasteiger charge is -2.25. The molecule has 4 N–H and O–H groups in total. The number of carboxylic acid groups (broad SMARTS) is 4. The molecule has 10 heteroatoms. The van der Waals surface area contributed by atoms with Gasteiger partial charge >= 0.3 is 23.9 Å².